The SMILES string of the molecule is COC(=O)c1c(-c2ccc(C)cc2)csc1NC(=O)C(C)Sc1cccc(NC(=O)Cc2ccc(Cl)cc2)c1. The van der Waals surface area contributed by atoms with E-state index in [1.54, 1.807) is 25.1 Å². The summed E-state index contributed by atoms with van der Waals surface area (Å²) < 4.78 is 5.02. The highest BCUT2D eigenvalue weighted by atomic mass is 35.5. The fourth-order valence-corrected chi connectivity index (χ4v) is 5.82. The minimum absolute atomic E-state index is 0.150. The van der Waals surface area contributed by atoms with Crippen LogP contribution < -0.4 is 10.6 Å². The molecule has 0 radical (unpaired) electrons. The van der Waals surface area contributed by atoms with E-state index in [9.17, 15) is 14.4 Å². The zero-order valence-corrected chi connectivity index (χ0v) is 24.0. The Balaban J connectivity index is 1.42. The van der Waals surface area contributed by atoms with Gasteiger partial charge >= 0.3 is 5.97 Å². The molecule has 0 spiro atoms. The molecule has 0 aliphatic rings. The number of halogens is 1. The van der Waals surface area contributed by atoms with Crippen molar-refractivity contribution < 1.29 is 19.1 Å². The van der Waals surface area contributed by atoms with Crippen LogP contribution in [0.3, 0.4) is 0 Å². The first-order valence-corrected chi connectivity index (χ1v) is 14.3. The molecule has 1 heterocycles. The molecule has 0 saturated carbocycles. The Morgan fingerprint density at radius 3 is 2.41 bits per heavy atom. The lowest BCUT2D eigenvalue weighted by molar-refractivity contribution is -0.116. The molecule has 9 heteroatoms. The first-order chi connectivity index (χ1) is 18.7. The molecular weight excluding hydrogens is 552 g/mol. The second-order valence-electron chi connectivity index (χ2n) is 8.84. The molecule has 1 atom stereocenters. The molecule has 2 N–H and O–H groups in total. The average Bonchev–Trinajstić information content (AvgIpc) is 3.33. The average molecular weight is 579 g/mol. The van der Waals surface area contributed by atoms with Gasteiger partial charge in [-0.1, -0.05) is 59.6 Å². The van der Waals surface area contributed by atoms with Crippen molar-refractivity contribution in [2.45, 2.75) is 30.4 Å². The molecule has 1 aromatic heterocycles. The van der Waals surface area contributed by atoms with Crippen molar-refractivity contribution in [1.29, 1.82) is 0 Å². The number of benzene rings is 3. The Labute approximate surface area is 240 Å². The van der Waals surface area contributed by atoms with Crippen LogP contribution in [-0.4, -0.2) is 30.1 Å². The summed E-state index contributed by atoms with van der Waals surface area (Å²) in [6.07, 6.45) is 0.223. The van der Waals surface area contributed by atoms with Gasteiger partial charge in [-0.25, -0.2) is 4.79 Å². The molecule has 4 rings (SSSR count). The van der Waals surface area contributed by atoms with Crippen LogP contribution in [0, 0.1) is 6.92 Å². The quantitative estimate of drug-likeness (QED) is 0.159. The maximum Gasteiger partial charge on any atom is 0.341 e. The number of thioether (sulfide) groups is 1. The highest BCUT2D eigenvalue weighted by Gasteiger charge is 2.24. The molecule has 0 fully saturated rings. The second kappa shape index (κ2) is 13.0. The molecule has 0 bridgehead atoms. The van der Waals surface area contributed by atoms with E-state index in [0.717, 1.165) is 21.6 Å². The third kappa shape index (κ3) is 7.50. The Morgan fingerprint density at radius 2 is 1.72 bits per heavy atom. The number of hydrogen-bond acceptors (Lipinski definition) is 6. The summed E-state index contributed by atoms with van der Waals surface area (Å²) in [5.74, 6) is -0.910. The molecule has 3 aromatic carbocycles. The number of thiophene rings is 1. The second-order valence-corrected chi connectivity index (χ2v) is 11.6. The van der Waals surface area contributed by atoms with E-state index in [-0.39, 0.29) is 18.2 Å². The van der Waals surface area contributed by atoms with E-state index in [4.69, 9.17) is 16.3 Å². The van der Waals surface area contributed by atoms with Gasteiger partial charge in [0.05, 0.1) is 18.8 Å². The van der Waals surface area contributed by atoms with Crippen LogP contribution in [-0.2, 0) is 20.7 Å². The lowest BCUT2D eigenvalue weighted by Crippen LogP contribution is -2.23. The standard InChI is InChI=1S/C30H27ClN2O4S2/c1-18-7-11-21(12-8-18)25-17-38-29(27(25)30(36)37-3)33-28(35)19(2)39-24-6-4-5-23(16-24)32-26(34)15-20-9-13-22(31)14-10-20/h4-14,16-17,19H,15H2,1-3H3,(H,32,34)(H,33,35). The van der Waals surface area contributed by atoms with Crippen LogP contribution >= 0.6 is 34.7 Å². The number of carbonyl (C=O) groups is 3. The number of carbonyl (C=O) groups excluding carboxylic acids is 3. The summed E-state index contributed by atoms with van der Waals surface area (Å²) in [5, 5.41) is 8.24. The van der Waals surface area contributed by atoms with Crippen molar-refractivity contribution in [3.05, 3.63) is 99.9 Å². The molecule has 0 saturated heterocycles. The largest absolute Gasteiger partial charge is 0.465 e. The predicted molar refractivity (Wildman–Crippen MR) is 160 cm³/mol. The van der Waals surface area contributed by atoms with Crippen molar-refractivity contribution in [3.63, 3.8) is 0 Å². The summed E-state index contributed by atoms with van der Waals surface area (Å²) in [6.45, 7) is 3.78. The zero-order valence-electron chi connectivity index (χ0n) is 21.6. The Morgan fingerprint density at radius 1 is 1.00 bits per heavy atom. The maximum atomic E-state index is 13.1. The van der Waals surface area contributed by atoms with Crippen molar-refractivity contribution in [2.24, 2.45) is 0 Å². The summed E-state index contributed by atoms with van der Waals surface area (Å²) in [4.78, 5) is 39.1. The van der Waals surface area contributed by atoms with Crippen LogP contribution in [0.15, 0.2) is 83.1 Å². The molecule has 2 amide bonds. The van der Waals surface area contributed by atoms with Gasteiger partial charge in [0.1, 0.15) is 10.6 Å². The van der Waals surface area contributed by atoms with Crippen LogP contribution in [0.2, 0.25) is 5.02 Å². The topological polar surface area (TPSA) is 84.5 Å². The number of rotatable bonds is 9. The van der Waals surface area contributed by atoms with Crippen molar-refractivity contribution >= 4 is 63.2 Å². The van der Waals surface area contributed by atoms with E-state index in [2.05, 4.69) is 10.6 Å². The van der Waals surface area contributed by atoms with Gasteiger partial charge in [-0.2, -0.15) is 0 Å². The number of ether oxygens (including phenoxy) is 1. The molecule has 39 heavy (non-hydrogen) atoms. The van der Waals surface area contributed by atoms with Crippen LogP contribution in [0.1, 0.15) is 28.4 Å². The number of amides is 2. The van der Waals surface area contributed by atoms with Crippen molar-refractivity contribution in [2.75, 3.05) is 17.7 Å². The highest BCUT2D eigenvalue weighted by molar-refractivity contribution is 8.00. The lowest BCUT2D eigenvalue weighted by atomic mass is 10.0. The fourth-order valence-electron chi connectivity index (χ4n) is 3.81. The third-order valence-electron chi connectivity index (χ3n) is 5.86. The minimum atomic E-state index is -0.510. The van der Waals surface area contributed by atoms with Crippen LogP contribution in [0.5, 0.6) is 0 Å². The predicted octanol–water partition coefficient (Wildman–Crippen LogP) is 7.46. The molecule has 1 unspecified atom stereocenters. The van der Waals surface area contributed by atoms with E-state index >= 15 is 0 Å². The van der Waals surface area contributed by atoms with Gasteiger partial charge in [0.2, 0.25) is 11.8 Å². The van der Waals surface area contributed by atoms with Crippen molar-refractivity contribution in [3.8, 4) is 11.1 Å². The van der Waals surface area contributed by atoms with E-state index in [1.165, 1.54) is 30.2 Å². The number of hydrogen-bond donors (Lipinski definition) is 2. The fraction of sp³-hybridized carbons (Fsp3) is 0.167. The molecule has 0 aliphatic carbocycles. The lowest BCUT2D eigenvalue weighted by Gasteiger charge is -2.13. The van der Waals surface area contributed by atoms with Gasteiger partial charge in [0.25, 0.3) is 0 Å². The number of esters is 1. The van der Waals surface area contributed by atoms with Gasteiger partial charge in [0, 0.05) is 26.5 Å². The Kier molecular flexibility index (Phi) is 9.45. The van der Waals surface area contributed by atoms with Gasteiger partial charge < -0.3 is 15.4 Å². The number of methoxy groups -OCH3 is 1. The van der Waals surface area contributed by atoms with Gasteiger partial charge in [0.15, 0.2) is 0 Å². The van der Waals surface area contributed by atoms with Gasteiger partial charge in [-0.3, -0.25) is 9.59 Å². The Hall–Kier alpha value is -3.59. The molecule has 6 nitrogen and oxygen atoms in total. The smallest absolute Gasteiger partial charge is 0.341 e. The van der Waals surface area contributed by atoms with Crippen LogP contribution in [0.4, 0.5) is 10.7 Å². The van der Waals surface area contributed by atoms with Gasteiger partial charge in [-0.05, 0) is 55.3 Å². The first kappa shape index (κ1) is 28.4. The highest BCUT2D eigenvalue weighted by Crippen LogP contribution is 2.37. The monoisotopic (exact) mass is 578 g/mol. The van der Waals surface area contributed by atoms with Crippen molar-refractivity contribution in [1.82, 2.24) is 0 Å². The zero-order chi connectivity index (χ0) is 27.9. The minimum Gasteiger partial charge on any atom is -0.465 e. The van der Waals surface area contributed by atoms with E-state index < -0.39 is 11.2 Å². The first-order valence-electron chi connectivity index (χ1n) is 12.1. The van der Waals surface area contributed by atoms with E-state index in [1.807, 2.05) is 66.9 Å². The number of aryl methyl sites for hydroxylation is 1. The summed E-state index contributed by atoms with van der Waals surface area (Å²) in [6, 6.07) is 22.3. The summed E-state index contributed by atoms with van der Waals surface area (Å²) >= 11 is 8.55. The number of nitrogens with one attached hydrogen (secondary N) is 2. The maximum absolute atomic E-state index is 13.1. The molecular formula is C30H27ClN2O4S2. The summed E-state index contributed by atoms with van der Waals surface area (Å²) in [7, 11) is 1.32. The Bertz CT molecular complexity index is 1480. The molecule has 0 aliphatic heterocycles. The van der Waals surface area contributed by atoms with E-state index in [0.29, 0.717) is 26.8 Å². The molecule has 4 aromatic rings. The van der Waals surface area contributed by atoms with Crippen LogP contribution in [0.25, 0.3) is 11.1 Å². The summed E-state index contributed by atoms with van der Waals surface area (Å²) in [5.41, 5.74) is 4.53. The normalized spacial score (nSPS) is 11.5. The third-order valence-corrected chi connectivity index (χ3v) is 8.10. The number of anilines is 2. The molecule has 200 valence electrons. The van der Waals surface area contributed by atoms with Gasteiger partial charge in [-0.15, -0.1) is 23.1 Å².